The maximum Gasteiger partial charge on any atom is 0.0377 e. The number of benzene rings is 1. The summed E-state index contributed by atoms with van der Waals surface area (Å²) in [5, 5.41) is 3.66. The molecule has 0 saturated carbocycles. The van der Waals surface area contributed by atoms with E-state index in [2.05, 4.69) is 73.2 Å². The molecular weight excluding hydrogens is 274 g/mol. The zero-order valence-corrected chi connectivity index (χ0v) is 13.0. The summed E-state index contributed by atoms with van der Waals surface area (Å²) in [6.07, 6.45) is 2.56. The molecule has 1 rings (SSSR count). The van der Waals surface area contributed by atoms with Gasteiger partial charge in [-0.3, -0.25) is 0 Å². The molecule has 0 aliphatic carbocycles. The number of nitrogens with one attached hydrogen (secondary N) is 1. The van der Waals surface area contributed by atoms with Gasteiger partial charge in [-0.25, -0.2) is 0 Å². The first-order valence-corrected chi connectivity index (χ1v) is 7.26. The Labute approximate surface area is 114 Å². The third kappa shape index (κ3) is 4.81. The van der Waals surface area contributed by atoms with Crippen LogP contribution in [0.15, 0.2) is 28.7 Å². The van der Waals surface area contributed by atoms with E-state index >= 15 is 0 Å². The van der Waals surface area contributed by atoms with Gasteiger partial charge in [0.05, 0.1) is 0 Å². The van der Waals surface area contributed by atoms with Crippen LogP contribution in [0.25, 0.3) is 0 Å². The van der Waals surface area contributed by atoms with Crippen molar-refractivity contribution < 1.29 is 0 Å². The van der Waals surface area contributed by atoms with Crippen LogP contribution in [0.1, 0.15) is 46.1 Å². The van der Waals surface area contributed by atoms with Gasteiger partial charge in [0.25, 0.3) is 0 Å². The first kappa shape index (κ1) is 14.7. The van der Waals surface area contributed by atoms with Gasteiger partial charge in [-0.05, 0) is 50.4 Å². The van der Waals surface area contributed by atoms with Crippen molar-refractivity contribution in [1.82, 2.24) is 5.32 Å². The third-order valence-corrected chi connectivity index (χ3v) is 3.77. The molecule has 0 aromatic heterocycles. The molecule has 17 heavy (non-hydrogen) atoms. The van der Waals surface area contributed by atoms with Gasteiger partial charge in [-0.2, -0.15) is 0 Å². The standard InChI is InChI=1S/C15H24BrN/c1-5-6-12(2)11-17-15(3,4)13-7-9-14(16)10-8-13/h7-10,12,17H,5-6,11H2,1-4H3. The van der Waals surface area contributed by atoms with E-state index < -0.39 is 0 Å². The summed E-state index contributed by atoms with van der Waals surface area (Å²) in [5.41, 5.74) is 1.38. The summed E-state index contributed by atoms with van der Waals surface area (Å²) in [6.45, 7) is 10.1. The first-order valence-electron chi connectivity index (χ1n) is 6.46. The summed E-state index contributed by atoms with van der Waals surface area (Å²) < 4.78 is 1.14. The fourth-order valence-electron chi connectivity index (χ4n) is 1.99. The van der Waals surface area contributed by atoms with Gasteiger partial charge in [-0.15, -0.1) is 0 Å². The molecule has 0 fully saturated rings. The van der Waals surface area contributed by atoms with Crippen LogP contribution in [0.4, 0.5) is 0 Å². The van der Waals surface area contributed by atoms with Crippen LogP contribution in [0.3, 0.4) is 0 Å². The SMILES string of the molecule is CCCC(C)CNC(C)(C)c1ccc(Br)cc1. The monoisotopic (exact) mass is 297 g/mol. The summed E-state index contributed by atoms with van der Waals surface area (Å²) in [5.74, 6) is 0.745. The summed E-state index contributed by atoms with van der Waals surface area (Å²) in [6, 6.07) is 8.58. The predicted molar refractivity (Wildman–Crippen MR) is 79.2 cm³/mol. The average Bonchev–Trinajstić information content (AvgIpc) is 2.28. The number of halogens is 1. The Morgan fingerprint density at radius 1 is 1.24 bits per heavy atom. The van der Waals surface area contributed by atoms with Crippen LogP contribution in [0.5, 0.6) is 0 Å². The zero-order chi connectivity index (χ0) is 12.9. The van der Waals surface area contributed by atoms with Crippen molar-refractivity contribution in [2.45, 2.75) is 46.1 Å². The molecule has 0 saturated heterocycles. The molecule has 0 amide bonds. The van der Waals surface area contributed by atoms with Gasteiger partial charge in [0.15, 0.2) is 0 Å². The lowest BCUT2D eigenvalue weighted by Gasteiger charge is -2.29. The molecule has 0 heterocycles. The highest BCUT2D eigenvalue weighted by Crippen LogP contribution is 2.22. The molecule has 96 valence electrons. The van der Waals surface area contributed by atoms with Crippen molar-refractivity contribution in [3.8, 4) is 0 Å². The molecule has 0 bridgehead atoms. The third-order valence-electron chi connectivity index (χ3n) is 3.24. The highest BCUT2D eigenvalue weighted by molar-refractivity contribution is 9.10. The highest BCUT2D eigenvalue weighted by atomic mass is 79.9. The molecule has 1 aromatic rings. The van der Waals surface area contributed by atoms with E-state index in [1.807, 2.05) is 0 Å². The maximum absolute atomic E-state index is 3.66. The van der Waals surface area contributed by atoms with Gasteiger partial charge < -0.3 is 5.32 Å². The van der Waals surface area contributed by atoms with Crippen LogP contribution in [-0.4, -0.2) is 6.54 Å². The van der Waals surface area contributed by atoms with E-state index in [1.54, 1.807) is 0 Å². The van der Waals surface area contributed by atoms with Crippen molar-refractivity contribution in [2.75, 3.05) is 6.54 Å². The number of hydrogen-bond donors (Lipinski definition) is 1. The minimum Gasteiger partial charge on any atom is -0.308 e. The zero-order valence-electron chi connectivity index (χ0n) is 11.4. The second kappa shape index (κ2) is 6.55. The number of rotatable bonds is 6. The van der Waals surface area contributed by atoms with Gasteiger partial charge in [0.2, 0.25) is 0 Å². The minimum atomic E-state index is 0.0443. The molecule has 1 N–H and O–H groups in total. The second-order valence-electron chi connectivity index (χ2n) is 5.41. The molecule has 0 spiro atoms. The maximum atomic E-state index is 3.66. The first-order chi connectivity index (χ1) is 7.95. The number of hydrogen-bond acceptors (Lipinski definition) is 1. The molecule has 1 unspecified atom stereocenters. The van der Waals surface area contributed by atoms with E-state index in [0.717, 1.165) is 16.9 Å². The van der Waals surface area contributed by atoms with Gasteiger partial charge in [0.1, 0.15) is 0 Å². The molecule has 2 heteroatoms. The second-order valence-corrected chi connectivity index (χ2v) is 6.32. The van der Waals surface area contributed by atoms with E-state index in [4.69, 9.17) is 0 Å². The van der Waals surface area contributed by atoms with Crippen LogP contribution < -0.4 is 5.32 Å². The fourth-order valence-corrected chi connectivity index (χ4v) is 2.26. The quantitative estimate of drug-likeness (QED) is 0.802. The van der Waals surface area contributed by atoms with E-state index in [1.165, 1.54) is 18.4 Å². The molecule has 0 radical (unpaired) electrons. The lowest BCUT2D eigenvalue weighted by molar-refractivity contribution is 0.355. The van der Waals surface area contributed by atoms with Crippen molar-refractivity contribution >= 4 is 15.9 Å². The highest BCUT2D eigenvalue weighted by Gasteiger charge is 2.20. The molecular formula is C15H24BrN. The van der Waals surface area contributed by atoms with E-state index in [0.29, 0.717) is 0 Å². The van der Waals surface area contributed by atoms with E-state index in [9.17, 15) is 0 Å². The molecule has 1 nitrogen and oxygen atoms in total. The van der Waals surface area contributed by atoms with Crippen molar-refractivity contribution in [3.05, 3.63) is 34.3 Å². The topological polar surface area (TPSA) is 12.0 Å². The fraction of sp³-hybridized carbons (Fsp3) is 0.600. The van der Waals surface area contributed by atoms with Crippen molar-refractivity contribution in [3.63, 3.8) is 0 Å². The molecule has 0 aliphatic heterocycles. The molecule has 1 aromatic carbocycles. The average molecular weight is 298 g/mol. The Hall–Kier alpha value is -0.340. The van der Waals surface area contributed by atoms with Crippen LogP contribution in [0.2, 0.25) is 0 Å². The Balaban J connectivity index is 2.58. The van der Waals surface area contributed by atoms with Crippen LogP contribution in [-0.2, 0) is 5.54 Å². The Morgan fingerprint density at radius 3 is 2.35 bits per heavy atom. The van der Waals surface area contributed by atoms with Crippen LogP contribution >= 0.6 is 15.9 Å². The predicted octanol–water partition coefficient (Wildman–Crippen LogP) is 4.71. The normalized spacial score (nSPS) is 13.7. The van der Waals surface area contributed by atoms with Crippen molar-refractivity contribution in [2.24, 2.45) is 5.92 Å². The summed E-state index contributed by atoms with van der Waals surface area (Å²) in [7, 11) is 0. The van der Waals surface area contributed by atoms with Crippen molar-refractivity contribution in [1.29, 1.82) is 0 Å². The van der Waals surface area contributed by atoms with Gasteiger partial charge >= 0.3 is 0 Å². The van der Waals surface area contributed by atoms with Crippen LogP contribution in [0, 0.1) is 5.92 Å². The minimum absolute atomic E-state index is 0.0443. The van der Waals surface area contributed by atoms with Gasteiger partial charge in [0, 0.05) is 10.0 Å². The summed E-state index contributed by atoms with van der Waals surface area (Å²) >= 11 is 3.47. The Kier molecular flexibility index (Phi) is 5.68. The molecule has 0 aliphatic rings. The Morgan fingerprint density at radius 2 is 1.82 bits per heavy atom. The smallest absolute Gasteiger partial charge is 0.0377 e. The lowest BCUT2D eigenvalue weighted by Crippen LogP contribution is -2.39. The Bertz CT molecular complexity index is 329. The summed E-state index contributed by atoms with van der Waals surface area (Å²) in [4.78, 5) is 0. The van der Waals surface area contributed by atoms with E-state index in [-0.39, 0.29) is 5.54 Å². The largest absolute Gasteiger partial charge is 0.308 e. The molecule has 1 atom stereocenters. The van der Waals surface area contributed by atoms with Gasteiger partial charge in [-0.1, -0.05) is 48.3 Å². The lowest BCUT2D eigenvalue weighted by atomic mass is 9.93.